The summed E-state index contributed by atoms with van der Waals surface area (Å²) < 4.78 is 50.5. The fourth-order valence-electron chi connectivity index (χ4n) is 1.33. The molecular formula is C12H15F4N. The average Bonchev–Trinajstić information content (AvgIpc) is 2.18. The van der Waals surface area contributed by atoms with Crippen molar-refractivity contribution in [2.45, 2.75) is 26.4 Å². The molecule has 0 heterocycles. The first-order chi connectivity index (χ1) is 7.80. The fraction of sp³-hybridized carbons (Fsp3) is 0.500. The smallest absolute Gasteiger partial charge is 0.383 e. The average molecular weight is 249 g/mol. The van der Waals surface area contributed by atoms with Crippen LogP contribution in [0.3, 0.4) is 0 Å². The number of rotatable bonds is 4. The minimum absolute atomic E-state index is 0.0968. The summed E-state index contributed by atoms with van der Waals surface area (Å²) in [5, 5.41) is 2.68. The monoisotopic (exact) mass is 249 g/mol. The second kappa shape index (κ2) is 5.38. The van der Waals surface area contributed by atoms with E-state index in [1.165, 1.54) is 0 Å². The molecule has 1 rings (SSSR count). The first-order valence-corrected chi connectivity index (χ1v) is 5.41. The second-order valence-electron chi connectivity index (χ2n) is 4.30. The van der Waals surface area contributed by atoms with Crippen LogP contribution in [-0.2, 0) is 6.18 Å². The van der Waals surface area contributed by atoms with Gasteiger partial charge in [-0.3, -0.25) is 0 Å². The van der Waals surface area contributed by atoms with Gasteiger partial charge in [-0.05, 0) is 30.5 Å². The summed E-state index contributed by atoms with van der Waals surface area (Å²) in [6.45, 7) is 4.43. The SMILES string of the molecule is CC(C)CCNc1cc(C(F)(F)F)ccc1F. The summed E-state index contributed by atoms with van der Waals surface area (Å²) in [5.41, 5.74) is -0.938. The van der Waals surface area contributed by atoms with Crippen LogP contribution >= 0.6 is 0 Å². The Morgan fingerprint density at radius 3 is 2.41 bits per heavy atom. The first-order valence-electron chi connectivity index (χ1n) is 5.41. The van der Waals surface area contributed by atoms with Crippen LogP contribution in [0.15, 0.2) is 18.2 Å². The van der Waals surface area contributed by atoms with Crippen LogP contribution in [0, 0.1) is 11.7 Å². The summed E-state index contributed by atoms with van der Waals surface area (Å²) in [4.78, 5) is 0. The number of nitrogens with one attached hydrogen (secondary N) is 1. The molecule has 1 aromatic rings. The zero-order valence-corrected chi connectivity index (χ0v) is 9.74. The lowest BCUT2D eigenvalue weighted by Gasteiger charge is -2.12. The number of halogens is 4. The number of alkyl halides is 3. The van der Waals surface area contributed by atoms with E-state index in [0.717, 1.165) is 24.6 Å². The zero-order chi connectivity index (χ0) is 13.1. The third kappa shape index (κ3) is 4.24. The number of hydrogen-bond acceptors (Lipinski definition) is 1. The molecular weight excluding hydrogens is 234 g/mol. The summed E-state index contributed by atoms with van der Waals surface area (Å²) in [7, 11) is 0. The van der Waals surface area contributed by atoms with Crippen molar-refractivity contribution in [3.63, 3.8) is 0 Å². The Balaban J connectivity index is 2.77. The third-order valence-corrected chi connectivity index (χ3v) is 2.33. The number of anilines is 1. The van der Waals surface area contributed by atoms with Crippen molar-refractivity contribution in [1.82, 2.24) is 0 Å². The summed E-state index contributed by atoms with van der Waals surface area (Å²) in [5.74, 6) is -0.252. The maximum atomic E-state index is 13.3. The van der Waals surface area contributed by atoms with Crippen LogP contribution < -0.4 is 5.32 Å². The summed E-state index contributed by atoms with van der Waals surface area (Å²) in [6.07, 6.45) is -3.67. The van der Waals surface area contributed by atoms with Crippen LogP contribution in [0.1, 0.15) is 25.8 Å². The van der Waals surface area contributed by atoms with Crippen molar-refractivity contribution in [2.75, 3.05) is 11.9 Å². The third-order valence-electron chi connectivity index (χ3n) is 2.33. The fourth-order valence-corrected chi connectivity index (χ4v) is 1.33. The van der Waals surface area contributed by atoms with E-state index in [0.29, 0.717) is 12.5 Å². The molecule has 0 aromatic heterocycles. The van der Waals surface area contributed by atoms with Gasteiger partial charge in [-0.25, -0.2) is 4.39 Å². The van der Waals surface area contributed by atoms with Gasteiger partial charge in [-0.2, -0.15) is 13.2 Å². The molecule has 1 N–H and O–H groups in total. The van der Waals surface area contributed by atoms with Gasteiger partial charge in [0.1, 0.15) is 5.82 Å². The van der Waals surface area contributed by atoms with Gasteiger partial charge in [0.2, 0.25) is 0 Å². The Labute approximate surface area is 97.8 Å². The molecule has 1 aromatic carbocycles. The second-order valence-corrected chi connectivity index (χ2v) is 4.30. The van der Waals surface area contributed by atoms with E-state index in [1.54, 1.807) is 0 Å². The molecule has 0 saturated carbocycles. The van der Waals surface area contributed by atoms with Gasteiger partial charge in [0.15, 0.2) is 0 Å². The van der Waals surface area contributed by atoms with E-state index < -0.39 is 17.6 Å². The highest BCUT2D eigenvalue weighted by atomic mass is 19.4. The molecule has 0 atom stereocenters. The highest BCUT2D eigenvalue weighted by molar-refractivity contribution is 5.47. The molecule has 0 fully saturated rings. The van der Waals surface area contributed by atoms with Crippen LogP contribution in [-0.4, -0.2) is 6.54 Å². The molecule has 0 aliphatic rings. The molecule has 0 saturated heterocycles. The molecule has 0 aliphatic carbocycles. The molecule has 96 valence electrons. The van der Waals surface area contributed by atoms with Crippen molar-refractivity contribution in [3.8, 4) is 0 Å². The van der Waals surface area contributed by atoms with E-state index in [1.807, 2.05) is 13.8 Å². The van der Waals surface area contributed by atoms with Gasteiger partial charge >= 0.3 is 6.18 Å². The zero-order valence-electron chi connectivity index (χ0n) is 9.74. The highest BCUT2D eigenvalue weighted by Crippen LogP contribution is 2.31. The molecule has 0 aliphatic heterocycles. The van der Waals surface area contributed by atoms with E-state index >= 15 is 0 Å². The van der Waals surface area contributed by atoms with E-state index in [4.69, 9.17) is 0 Å². The standard InChI is InChI=1S/C12H15F4N/c1-8(2)5-6-17-11-7-9(12(14,15)16)3-4-10(11)13/h3-4,7-8,17H,5-6H2,1-2H3. The Morgan fingerprint density at radius 2 is 1.88 bits per heavy atom. The van der Waals surface area contributed by atoms with Gasteiger partial charge in [-0.1, -0.05) is 13.8 Å². The molecule has 0 unspecified atom stereocenters. The lowest BCUT2D eigenvalue weighted by molar-refractivity contribution is -0.137. The van der Waals surface area contributed by atoms with E-state index in [9.17, 15) is 17.6 Å². The molecule has 0 bridgehead atoms. The molecule has 5 heteroatoms. The minimum atomic E-state index is -4.44. The molecule has 1 nitrogen and oxygen atoms in total. The predicted molar refractivity (Wildman–Crippen MR) is 59.3 cm³/mol. The van der Waals surface area contributed by atoms with Gasteiger partial charge in [0.25, 0.3) is 0 Å². The Morgan fingerprint density at radius 1 is 1.24 bits per heavy atom. The van der Waals surface area contributed by atoms with Gasteiger partial charge in [0, 0.05) is 6.54 Å². The summed E-state index contributed by atoms with van der Waals surface area (Å²) in [6, 6.07) is 2.37. The highest BCUT2D eigenvalue weighted by Gasteiger charge is 2.31. The molecule has 0 radical (unpaired) electrons. The largest absolute Gasteiger partial charge is 0.416 e. The Bertz CT molecular complexity index is 371. The topological polar surface area (TPSA) is 12.0 Å². The van der Waals surface area contributed by atoms with Crippen molar-refractivity contribution >= 4 is 5.69 Å². The van der Waals surface area contributed by atoms with E-state index in [-0.39, 0.29) is 5.69 Å². The van der Waals surface area contributed by atoms with Crippen LogP contribution in [0.25, 0.3) is 0 Å². The predicted octanol–water partition coefficient (Wildman–Crippen LogP) is 4.30. The van der Waals surface area contributed by atoms with Crippen molar-refractivity contribution in [1.29, 1.82) is 0 Å². The molecule has 0 amide bonds. The van der Waals surface area contributed by atoms with Gasteiger partial charge in [-0.15, -0.1) is 0 Å². The van der Waals surface area contributed by atoms with Crippen molar-refractivity contribution in [2.24, 2.45) is 5.92 Å². The van der Waals surface area contributed by atoms with Crippen LogP contribution in [0.2, 0.25) is 0 Å². The summed E-state index contributed by atoms with van der Waals surface area (Å²) >= 11 is 0. The first kappa shape index (κ1) is 13.8. The number of hydrogen-bond donors (Lipinski definition) is 1. The van der Waals surface area contributed by atoms with Crippen LogP contribution in [0.5, 0.6) is 0 Å². The lowest BCUT2D eigenvalue weighted by atomic mass is 10.1. The Kier molecular flexibility index (Phi) is 4.37. The quantitative estimate of drug-likeness (QED) is 0.784. The number of benzene rings is 1. The maximum Gasteiger partial charge on any atom is 0.416 e. The Hall–Kier alpha value is -1.26. The lowest BCUT2D eigenvalue weighted by Crippen LogP contribution is -2.09. The van der Waals surface area contributed by atoms with Crippen molar-refractivity contribution < 1.29 is 17.6 Å². The van der Waals surface area contributed by atoms with Crippen molar-refractivity contribution in [3.05, 3.63) is 29.6 Å². The molecule has 17 heavy (non-hydrogen) atoms. The van der Waals surface area contributed by atoms with Gasteiger partial charge in [0.05, 0.1) is 11.3 Å². The van der Waals surface area contributed by atoms with Gasteiger partial charge < -0.3 is 5.32 Å². The molecule has 0 spiro atoms. The maximum absolute atomic E-state index is 13.3. The minimum Gasteiger partial charge on any atom is -0.383 e. The normalized spacial score (nSPS) is 11.9. The van der Waals surface area contributed by atoms with Crippen LogP contribution in [0.4, 0.5) is 23.2 Å². The van der Waals surface area contributed by atoms with E-state index in [2.05, 4.69) is 5.32 Å².